The van der Waals surface area contributed by atoms with Gasteiger partial charge in [-0.15, -0.1) is 0 Å². The van der Waals surface area contributed by atoms with Crippen molar-refractivity contribution in [3.8, 4) is 11.1 Å². The fraction of sp³-hybridized carbons (Fsp3) is 0.160. The second-order valence-corrected chi connectivity index (χ2v) is 8.85. The van der Waals surface area contributed by atoms with Gasteiger partial charge in [0.15, 0.2) is 6.04 Å². The third kappa shape index (κ3) is 4.90. The Hall–Kier alpha value is -3.44. The Bertz CT molecular complexity index is 1220. The van der Waals surface area contributed by atoms with Gasteiger partial charge in [-0.2, -0.15) is 0 Å². The largest absolute Gasteiger partial charge is 0.480 e. The van der Waals surface area contributed by atoms with Crippen LogP contribution in [-0.4, -0.2) is 47.4 Å². The van der Waals surface area contributed by atoms with Crippen LogP contribution in [0.25, 0.3) is 11.1 Å². The number of aliphatic hydroxyl groups excluding tert-OH is 1. The number of hydrogen-bond acceptors (Lipinski definition) is 5. The summed E-state index contributed by atoms with van der Waals surface area (Å²) in [5.41, 5.74) is 5.16. The molecule has 1 atom stereocenters. The van der Waals surface area contributed by atoms with Crippen LogP contribution < -0.4 is 10.6 Å². The van der Waals surface area contributed by atoms with Gasteiger partial charge in [0.25, 0.3) is 5.91 Å². The Morgan fingerprint density at radius 2 is 1.59 bits per heavy atom. The van der Waals surface area contributed by atoms with Crippen molar-refractivity contribution >= 4 is 46.2 Å². The minimum Gasteiger partial charge on any atom is -0.480 e. The highest BCUT2D eigenvalue weighted by atomic mass is 127. The van der Waals surface area contributed by atoms with Gasteiger partial charge >= 0.3 is 12.1 Å². The summed E-state index contributed by atoms with van der Waals surface area (Å²) in [5, 5.41) is 23.0. The van der Waals surface area contributed by atoms with Crippen LogP contribution in [0.4, 0.5) is 10.5 Å². The smallest absolute Gasteiger partial charge is 0.411 e. The zero-order valence-electron chi connectivity index (χ0n) is 17.8. The summed E-state index contributed by atoms with van der Waals surface area (Å²) in [6.45, 7) is -0.547. The quantitative estimate of drug-likeness (QED) is 0.319. The number of anilines is 1. The first kappa shape index (κ1) is 23.7. The van der Waals surface area contributed by atoms with Gasteiger partial charge in [-0.3, -0.25) is 10.1 Å². The number of carbonyl (C=O) groups excluding carboxylic acids is 2. The Balaban J connectivity index is 1.40. The van der Waals surface area contributed by atoms with Crippen molar-refractivity contribution < 1.29 is 29.3 Å². The zero-order chi connectivity index (χ0) is 24.2. The zero-order valence-corrected chi connectivity index (χ0v) is 20.0. The molecule has 0 bridgehead atoms. The van der Waals surface area contributed by atoms with Crippen LogP contribution in [0.15, 0.2) is 66.7 Å². The van der Waals surface area contributed by atoms with Crippen LogP contribution in [0.3, 0.4) is 0 Å². The molecule has 0 spiro atoms. The summed E-state index contributed by atoms with van der Waals surface area (Å²) >= 11 is 1.96. The number of carboxylic acids is 1. The van der Waals surface area contributed by atoms with Crippen LogP contribution in [0.1, 0.15) is 27.4 Å². The van der Waals surface area contributed by atoms with Crippen molar-refractivity contribution in [2.75, 3.05) is 18.5 Å². The summed E-state index contributed by atoms with van der Waals surface area (Å²) in [5.74, 6) is -2.04. The molecule has 34 heavy (non-hydrogen) atoms. The van der Waals surface area contributed by atoms with E-state index in [2.05, 4.69) is 22.8 Å². The molecule has 0 saturated heterocycles. The van der Waals surface area contributed by atoms with E-state index >= 15 is 0 Å². The summed E-state index contributed by atoms with van der Waals surface area (Å²) in [4.78, 5) is 35.8. The lowest BCUT2D eigenvalue weighted by molar-refractivity contribution is -0.140. The summed E-state index contributed by atoms with van der Waals surface area (Å²) < 4.78 is 6.11. The lowest BCUT2D eigenvalue weighted by atomic mass is 9.98. The molecule has 0 heterocycles. The standard InChI is InChI=1S/C25H21IN2O6/c26-20-11-14(23(30)27-22(12-29)24(31)32)9-10-21(20)28-25(33)34-13-19-17-7-3-1-5-15(17)16-6-2-4-8-18(16)19/h1-11,19,22,29H,12-13H2,(H,27,30)(H,28,33)(H,31,32). The molecule has 0 aliphatic heterocycles. The van der Waals surface area contributed by atoms with E-state index in [0.29, 0.717) is 9.26 Å². The van der Waals surface area contributed by atoms with Gasteiger partial charge in [0, 0.05) is 15.1 Å². The Kier molecular flexibility index (Phi) is 7.13. The van der Waals surface area contributed by atoms with Crippen LogP contribution in [-0.2, 0) is 9.53 Å². The first-order valence-electron chi connectivity index (χ1n) is 10.4. The van der Waals surface area contributed by atoms with E-state index < -0.39 is 30.6 Å². The third-order valence-electron chi connectivity index (χ3n) is 5.60. The van der Waals surface area contributed by atoms with E-state index in [9.17, 15) is 14.4 Å². The molecule has 2 amide bonds. The molecular weight excluding hydrogens is 551 g/mol. The summed E-state index contributed by atoms with van der Waals surface area (Å²) in [7, 11) is 0. The number of aliphatic hydroxyl groups is 1. The van der Waals surface area contributed by atoms with E-state index in [0.717, 1.165) is 22.3 Å². The van der Waals surface area contributed by atoms with E-state index in [1.54, 1.807) is 0 Å². The van der Waals surface area contributed by atoms with E-state index in [4.69, 9.17) is 14.9 Å². The first-order chi connectivity index (χ1) is 16.4. The minimum absolute atomic E-state index is 0.0583. The second kappa shape index (κ2) is 10.2. The van der Waals surface area contributed by atoms with E-state index in [-0.39, 0.29) is 18.1 Å². The minimum atomic E-state index is -1.40. The molecule has 9 heteroatoms. The Morgan fingerprint density at radius 1 is 0.971 bits per heavy atom. The van der Waals surface area contributed by atoms with Crippen LogP contribution in [0.2, 0.25) is 0 Å². The van der Waals surface area contributed by atoms with Gasteiger partial charge in [0.05, 0.1) is 12.3 Å². The topological polar surface area (TPSA) is 125 Å². The molecule has 0 saturated carbocycles. The number of hydrogen-bond donors (Lipinski definition) is 4. The van der Waals surface area contributed by atoms with Gasteiger partial charge < -0.3 is 20.3 Å². The average molecular weight is 572 g/mol. The maximum absolute atomic E-state index is 12.5. The molecule has 3 aromatic rings. The SMILES string of the molecule is O=C(Nc1ccc(C(=O)NC(CO)C(=O)O)cc1I)OCC1c2ccccc2-c2ccccc21. The molecular formula is C25H21IN2O6. The molecule has 174 valence electrons. The maximum atomic E-state index is 12.5. The molecule has 0 aromatic heterocycles. The Morgan fingerprint density at radius 3 is 2.15 bits per heavy atom. The summed E-state index contributed by atoms with van der Waals surface area (Å²) in [6, 6.07) is 19.2. The van der Waals surface area contributed by atoms with Gasteiger partial charge in [-0.25, -0.2) is 9.59 Å². The molecule has 4 rings (SSSR count). The maximum Gasteiger partial charge on any atom is 0.411 e. The number of amides is 2. The second-order valence-electron chi connectivity index (χ2n) is 7.69. The molecule has 0 radical (unpaired) electrons. The normalized spacial score (nSPS) is 12.9. The number of carboxylic acid groups (broad SMARTS) is 1. The molecule has 1 aliphatic rings. The number of nitrogens with one attached hydrogen (secondary N) is 2. The highest BCUT2D eigenvalue weighted by molar-refractivity contribution is 14.1. The van der Waals surface area contributed by atoms with Crippen molar-refractivity contribution in [1.29, 1.82) is 0 Å². The van der Waals surface area contributed by atoms with Crippen molar-refractivity contribution in [3.63, 3.8) is 0 Å². The fourth-order valence-electron chi connectivity index (χ4n) is 3.93. The van der Waals surface area contributed by atoms with Crippen LogP contribution in [0, 0.1) is 3.57 Å². The first-order valence-corrected chi connectivity index (χ1v) is 11.5. The van der Waals surface area contributed by atoms with Gasteiger partial charge in [0.1, 0.15) is 6.61 Å². The fourth-order valence-corrected chi connectivity index (χ4v) is 4.58. The van der Waals surface area contributed by atoms with Gasteiger partial charge in [-0.1, -0.05) is 48.5 Å². The lowest BCUT2D eigenvalue weighted by Crippen LogP contribution is -2.43. The van der Waals surface area contributed by atoms with E-state index in [1.165, 1.54) is 18.2 Å². The molecule has 3 aromatic carbocycles. The van der Waals surface area contributed by atoms with Crippen molar-refractivity contribution in [1.82, 2.24) is 5.32 Å². The predicted molar refractivity (Wildman–Crippen MR) is 134 cm³/mol. The lowest BCUT2D eigenvalue weighted by Gasteiger charge is -2.15. The number of halogens is 1. The van der Waals surface area contributed by atoms with Crippen molar-refractivity contribution in [3.05, 3.63) is 87.0 Å². The molecule has 1 aliphatic carbocycles. The monoisotopic (exact) mass is 572 g/mol. The van der Waals surface area contributed by atoms with Gasteiger partial charge in [0.2, 0.25) is 0 Å². The molecule has 4 N–H and O–H groups in total. The predicted octanol–water partition coefficient (Wildman–Crippen LogP) is 3.83. The Labute approximate surface area is 209 Å². The van der Waals surface area contributed by atoms with Crippen LogP contribution >= 0.6 is 22.6 Å². The number of carbonyl (C=O) groups is 3. The van der Waals surface area contributed by atoms with E-state index in [1.807, 2.05) is 59.0 Å². The van der Waals surface area contributed by atoms with Crippen molar-refractivity contribution in [2.24, 2.45) is 0 Å². The molecule has 0 fully saturated rings. The molecule has 1 unspecified atom stereocenters. The number of aliphatic carboxylic acids is 1. The number of fused-ring (bicyclic) bond motifs is 3. The summed E-state index contributed by atoms with van der Waals surface area (Å²) in [6.07, 6.45) is -0.622. The van der Waals surface area contributed by atoms with Crippen molar-refractivity contribution in [2.45, 2.75) is 12.0 Å². The third-order valence-corrected chi connectivity index (χ3v) is 6.49. The molecule has 8 nitrogen and oxygen atoms in total. The highest BCUT2D eigenvalue weighted by Crippen LogP contribution is 2.44. The highest BCUT2D eigenvalue weighted by Gasteiger charge is 2.29. The van der Waals surface area contributed by atoms with Crippen LogP contribution in [0.5, 0.6) is 0 Å². The average Bonchev–Trinajstić information content (AvgIpc) is 3.16. The number of rotatable bonds is 7. The number of benzene rings is 3. The number of ether oxygens (including phenoxy) is 1. The van der Waals surface area contributed by atoms with Gasteiger partial charge in [-0.05, 0) is 63.0 Å².